The molecule has 2 rings (SSSR count). The Morgan fingerprint density at radius 2 is 1.90 bits per heavy atom. The number of rotatable bonds is 5. The van der Waals surface area contributed by atoms with E-state index in [9.17, 15) is 4.79 Å². The quantitative estimate of drug-likeness (QED) is 0.870. The maximum absolute atomic E-state index is 12.0. The molecule has 1 aliphatic carbocycles. The van der Waals surface area contributed by atoms with Crippen LogP contribution in [0.15, 0.2) is 24.3 Å². The lowest BCUT2D eigenvalue weighted by Crippen LogP contribution is -2.48. The van der Waals surface area contributed by atoms with E-state index in [-0.39, 0.29) is 35.7 Å². The third kappa shape index (κ3) is 4.12. The fraction of sp³-hybridized carbons (Fsp3) is 0.562. The second kappa shape index (κ2) is 7.48. The van der Waals surface area contributed by atoms with Crippen LogP contribution in [0, 0.1) is 5.92 Å². The summed E-state index contributed by atoms with van der Waals surface area (Å²) in [5.74, 6) is -0.113. The normalized spacial score (nSPS) is 18.9. The Morgan fingerprint density at radius 1 is 1.33 bits per heavy atom. The van der Waals surface area contributed by atoms with Gasteiger partial charge in [-0.2, -0.15) is 0 Å². The molecule has 0 saturated heterocycles. The summed E-state index contributed by atoms with van der Waals surface area (Å²) in [6.45, 7) is 4.42. The van der Waals surface area contributed by atoms with Crippen LogP contribution >= 0.6 is 24.0 Å². The van der Waals surface area contributed by atoms with Gasteiger partial charge in [0.05, 0.1) is 0 Å². The van der Waals surface area contributed by atoms with Crippen LogP contribution in [-0.4, -0.2) is 18.5 Å². The Bertz CT molecular complexity index is 470. The molecule has 0 aliphatic heterocycles. The van der Waals surface area contributed by atoms with E-state index in [0.717, 1.165) is 17.9 Å². The van der Waals surface area contributed by atoms with E-state index in [1.807, 2.05) is 26.0 Å². The van der Waals surface area contributed by atoms with Gasteiger partial charge in [0.2, 0.25) is 5.91 Å². The molecule has 118 valence electrons. The van der Waals surface area contributed by atoms with E-state index in [0.29, 0.717) is 6.54 Å². The number of carbonyl (C=O) groups excluding carboxylic acids is 1. The van der Waals surface area contributed by atoms with Crippen molar-refractivity contribution >= 4 is 29.9 Å². The van der Waals surface area contributed by atoms with Gasteiger partial charge >= 0.3 is 0 Å². The number of hydrogen-bond acceptors (Lipinski definition) is 2. The average Bonchev–Trinajstić information content (AvgIpc) is 2.38. The highest BCUT2D eigenvalue weighted by atomic mass is 35.5. The molecule has 3 N–H and O–H groups in total. The fourth-order valence-corrected chi connectivity index (χ4v) is 2.76. The summed E-state index contributed by atoms with van der Waals surface area (Å²) in [6.07, 6.45) is 3.43. The first-order chi connectivity index (χ1) is 9.44. The number of benzene rings is 1. The van der Waals surface area contributed by atoms with E-state index < -0.39 is 0 Å². The summed E-state index contributed by atoms with van der Waals surface area (Å²) < 4.78 is 0. The molecule has 0 radical (unpaired) electrons. The number of nitrogens with one attached hydrogen (secondary N) is 1. The van der Waals surface area contributed by atoms with E-state index >= 15 is 0 Å². The van der Waals surface area contributed by atoms with Gasteiger partial charge in [-0.15, -0.1) is 12.4 Å². The molecule has 1 amide bonds. The van der Waals surface area contributed by atoms with Crippen LogP contribution < -0.4 is 11.1 Å². The Morgan fingerprint density at radius 3 is 2.33 bits per heavy atom. The molecule has 2 atom stereocenters. The van der Waals surface area contributed by atoms with Gasteiger partial charge in [0.1, 0.15) is 0 Å². The zero-order valence-corrected chi connectivity index (χ0v) is 14.1. The number of carbonyl (C=O) groups is 1. The van der Waals surface area contributed by atoms with Crippen molar-refractivity contribution in [2.75, 3.05) is 6.54 Å². The lowest BCUT2D eigenvalue weighted by molar-refractivity contribution is -0.125. The fourth-order valence-electron chi connectivity index (χ4n) is 2.63. The summed E-state index contributed by atoms with van der Waals surface area (Å²) in [5.41, 5.74) is 7.12. The van der Waals surface area contributed by atoms with Crippen LogP contribution in [0.4, 0.5) is 0 Å². The topological polar surface area (TPSA) is 55.1 Å². The van der Waals surface area contributed by atoms with Gasteiger partial charge in [-0.25, -0.2) is 0 Å². The third-order valence-corrected chi connectivity index (χ3v) is 4.82. The molecule has 0 heterocycles. The monoisotopic (exact) mass is 330 g/mol. The Labute approximate surface area is 138 Å². The molecule has 1 aromatic rings. The van der Waals surface area contributed by atoms with E-state index in [1.54, 1.807) is 0 Å². The van der Waals surface area contributed by atoms with Crippen LogP contribution in [0.2, 0.25) is 5.02 Å². The van der Waals surface area contributed by atoms with Crippen LogP contribution in [0.1, 0.15) is 38.7 Å². The van der Waals surface area contributed by atoms with Gasteiger partial charge in [0.25, 0.3) is 0 Å². The standard InChI is InChI=1S/C16H23ClN2O.ClH/c1-11(12(2)18)15(20)19-10-16(8-3-9-16)13-4-6-14(17)7-5-13;/h4-7,11-12H,3,8-10,18H2,1-2H3,(H,19,20);1H. The minimum Gasteiger partial charge on any atom is -0.355 e. The van der Waals surface area contributed by atoms with Crippen molar-refractivity contribution in [3.8, 4) is 0 Å². The van der Waals surface area contributed by atoms with Gasteiger partial charge in [0, 0.05) is 28.9 Å². The number of nitrogens with two attached hydrogens (primary N) is 1. The zero-order chi connectivity index (χ0) is 14.8. The van der Waals surface area contributed by atoms with Crippen LogP contribution in [0.5, 0.6) is 0 Å². The molecule has 21 heavy (non-hydrogen) atoms. The second-order valence-electron chi connectivity index (χ2n) is 6.01. The van der Waals surface area contributed by atoms with Crippen LogP contribution in [0.3, 0.4) is 0 Å². The molecule has 1 aliphatic rings. The predicted molar refractivity (Wildman–Crippen MR) is 90.1 cm³/mol. The molecule has 0 aromatic heterocycles. The maximum Gasteiger partial charge on any atom is 0.224 e. The summed E-state index contributed by atoms with van der Waals surface area (Å²) in [4.78, 5) is 12.0. The van der Waals surface area contributed by atoms with Gasteiger partial charge in [-0.1, -0.05) is 37.1 Å². The number of hydrogen-bond donors (Lipinski definition) is 2. The van der Waals surface area contributed by atoms with E-state index in [4.69, 9.17) is 17.3 Å². The van der Waals surface area contributed by atoms with Crippen molar-refractivity contribution < 1.29 is 4.79 Å². The van der Waals surface area contributed by atoms with Crippen molar-refractivity contribution in [2.45, 2.75) is 44.6 Å². The molecule has 1 aromatic carbocycles. The highest BCUT2D eigenvalue weighted by Crippen LogP contribution is 2.43. The smallest absolute Gasteiger partial charge is 0.224 e. The molecule has 0 bridgehead atoms. The molecule has 2 unspecified atom stereocenters. The molecular weight excluding hydrogens is 307 g/mol. The third-order valence-electron chi connectivity index (χ3n) is 4.57. The van der Waals surface area contributed by atoms with Crippen LogP contribution in [0.25, 0.3) is 0 Å². The molecule has 1 fully saturated rings. The SMILES string of the molecule is CC(N)C(C)C(=O)NCC1(c2ccc(Cl)cc2)CCC1.Cl. The van der Waals surface area contributed by atoms with Crippen molar-refractivity contribution in [3.63, 3.8) is 0 Å². The first-order valence-corrected chi connectivity index (χ1v) is 7.62. The zero-order valence-electron chi connectivity index (χ0n) is 12.6. The van der Waals surface area contributed by atoms with E-state index in [2.05, 4.69) is 17.4 Å². The maximum atomic E-state index is 12.0. The molecule has 1 saturated carbocycles. The van der Waals surface area contributed by atoms with E-state index in [1.165, 1.54) is 12.0 Å². The van der Waals surface area contributed by atoms with Crippen molar-refractivity contribution in [3.05, 3.63) is 34.9 Å². The van der Waals surface area contributed by atoms with Gasteiger partial charge < -0.3 is 11.1 Å². The Hall–Kier alpha value is -0.770. The highest BCUT2D eigenvalue weighted by molar-refractivity contribution is 6.30. The molecule has 3 nitrogen and oxygen atoms in total. The average molecular weight is 331 g/mol. The summed E-state index contributed by atoms with van der Waals surface area (Å²) >= 11 is 5.94. The van der Waals surface area contributed by atoms with Gasteiger partial charge in [-0.3, -0.25) is 4.79 Å². The Balaban J connectivity index is 0.00000220. The minimum atomic E-state index is -0.155. The molecule has 5 heteroatoms. The molecule has 0 spiro atoms. The Kier molecular flexibility index (Phi) is 6.51. The largest absolute Gasteiger partial charge is 0.355 e. The number of amides is 1. The van der Waals surface area contributed by atoms with Crippen molar-refractivity contribution in [1.82, 2.24) is 5.32 Å². The van der Waals surface area contributed by atoms with Crippen LogP contribution in [-0.2, 0) is 10.2 Å². The lowest BCUT2D eigenvalue weighted by Gasteiger charge is -2.43. The summed E-state index contributed by atoms with van der Waals surface area (Å²) in [5, 5.41) is 3.82. The van der Waals surface area contributed by atoms with Crippen molar-refractivity contribution in [1.29, 1.82) is 0 Å². The first kappa shape index (κ1) is 18.3. The predicted octanol–water partition coefficient (Wildman–Crippen LogP) is 3.28. The number of halogens is 2. The van der Waals surface area contributed by atoms with Gasteiger partial charge in [-0.05, 0) is 37.5 Å². The summed E-state index contributed by atoms with van der Waals surface area (Å²) in [7, 11) is 0. The highest BCUT2D eigenvalue weighted by Gasteiger charge is 2.39. The first-order valence-electron chi connectivity index (χ1n) is 7.24. The minimum absolute atomic E-state index is 0. The summed E-state index contributed by atoms with van der Waals surface area (Å²) in [6, 6.07) is 7.86. The van der Waals surface area contributed by atoms with Gasteiger partial charge in [0.15, 0.2) is 0 Å². The molecular formula is C16H24Cl2N2O. The van der Waals surface area contributed by atoms with Crippen molar-refractivity contribution in [2.24, 2.45) is 11.7 Å². The lowest BCUT2D eigenvalue weighted by atomic mass is 9.64. The second-order valence-corrected chi connectivity index (χ2v) is 6.44.